The summed E-state index contributed by atoms with van der Waals surface area (Å²) >= 11 is 0. The van der Waals surface area contributed by atoms with Crippen molar-refractivity contribution in [1.82, 2.24) is 14.9 Å². The summed E-state index contributed by atoms with van der Waals surface area (Å²) in [4.78, 5) is 53.5. The molecule has 0 saturated carbocycles. The lowest BCUT2D eigenvalue weighted by Crippen LogP contribution is -2.35. The van der Waals surface area contributed by atoms with Crippen LogP contribution in [0, 0.1) is 23.1 Å². The number of likely N-dealkylation sites (N-methyl/N-ethyl adjacent to an activating group) is 1. The van der Waals surface area contributed by atoms with Crippen molar-refractivity contribution >= 4 is 63.1 Å². The zero-order chi connectivity index (χ0) is 34.0. The second kappa shape index (κ2) is 13.6. The van der Waals surface area contributed by atoms with Gasteiger partial charge in [0.25, 0.3) is 0 Å². The van der Waals surface area contributed by atoms with Crippen molar-refractivity contribution in [2.45, 2.75) is 39.3 Å². The molecule has 2 N–H and O–H groups in total. The number of aliphatic imine (C=N–C) groups is 1. The third-order valence-corrected chi connectivity index (χ3v) is 8.45. The average molecular weight is 646 g/mol. The number of pyridine rings is 1. The van der Waals surface area contributed by atoms with E-state index in [-0.39, 0.29) is 28.7 Å². The average Bonchev–Trinajstić information content (AvgIpc) is 3.71. The number of anilines is 2. The van der Waals surface area contributed by atoms with Gasteiger partial charge in [0.2, 0.25) is 6.79 Å². The van der Waals surface area contributed by atoms with Crippen LogP contribution in [0.5, 0.6) is 0 Å². The zero-order valence-corrected chi connectivity index (χ0v) is 26.8. The molecular formula is C33H36FN7O6. The smallest absolute Gasteiger partial charge is 0.416 e. The number of allylic oxidation sites excluding steroid dienone is 2. The number of amides is 1. The molecule has 2 fully saturated rings. The van der Waals surface area contributed by atoms with Crippen LogP contribution in [0.2, 0.25) is 0 Å². The maximum absolute atomic E-state index is 15.8. The Labute approximate surface area is 270 Å². The number of ether oxygens (including phenoxy) is 2. The Hall–Kier alpha value is -5.29. The lowest BCUT2D eigenvalue weighted by atomic mass is 9.98. The number of likely N-dealkylation sites (tertiary alicyclic amines) is 1. The number of H-pyrrole nitrogens is 1. The molecule has 2 saturated heterocycles. The van der Waals surface area contributed by atoms with E-state index in [0.29, 0.717) is 34.6 Å². The van der Waals surface area contributed by atoms with Crippen LogP contribution in [-0.4, -0.2) is 96.8 Å². The number of benzene rings is 1. The summed E-state index contributed by atoms with van der Waals surface area (Å²) in [5, 5.41) is 19.7. The van der Waals surface area contributed by atoms with E-state index in [9.17, 15) is 19.6 Å². The summed E-state index contributed by atoms with van der Waals surface area (Å²) < 4.78 is 25.6. The number of hydrogen-bond acceptors (Lipinski definition) is 10. The highest BCUT2D eigenvalue weighted by molar-refractivity contribution is 6.22. The van der Waals surface area contributed by atoms with E-state index in [1.165, 1.54) is 7.05 Å². The number of esters is 1. The molecule has 14 heteroatoms. The number of carbonyl (C=O) groups is 3. The highest BCUT2D eigenvalue weighted by Crippen LogP contribution is 2.46. The van der Waals surface area contributed by atoms with Gasteiger partial charge in [0.15, 0.2) is 0 Å². The minimum atomic E-state index is -1.35. The maximum atomic E-state index is 15.8. The molecule has 0 bridgehead atoms. The number of nitrogens with one attached hydrogen (secondary N) is 1. The van der Waals surface area contributed by atoms with E-state index in [2.05, 4.69) is 26.8 Å². The molecule has 5 rings (SSSR count). The fraction of sp³-hybridized carbons (Fsp3) is 0.394. The van der Waals surface area contributed by atoms with Crippen molar-refractivity contribution in [2.24, 2.45) is 10.9 Å². The number of hydrogen-bond donors (Lipinski definition) is 2. The van der Waals surface area contributed by atoms with Crippen molar-refractivity contribution in [3.05, 3.63) is 47.4 Å². The summed E-state index contributed by atoms with van der Waals surface area (Å²) in [6.45, 7) is 7.64. The molecule has 246 valence electrons. The van der Waals surface area contributed by atoms with Crippen LogP contribution in [0.25, 0.3) is 27.5 Å². The van der Waals surface area contributed by atoms with Gasteiger partial charge >= 0.3 is 18.0 Å². The van der Waals surface area contributed by atoms with Gasteiger partial charge in [-0.3, -0.25) is 9.89 Å². The molecule has 0 radical (unpaired) electrons. The number of halogens is 1. The quantitative estimate of drug-likeness (QED) is 0.147. The van der Waals surface area contributed by atoms with Gasteiger partial charge in [0.1, 0.15) is 17.5 Å². The number of nitriles is 1. The molecule has 0 aliphatic carbocycles. The van der Waals surface area contributed by atoms with E-state index < -0.39 is 30.6 Å². The Kier molecular flexibility index (Phi) is 9.57. The van der Waals surface area contributed by atoms with Gasteiger partial charge in [0.05, 0.1) is 27.8 Å². The van der Waals surface area contributed by atoms with Gasteiger partial charge in [-0.1, -0.05) is 6.08 Å². The number of rotatable bonds is 9. The maximum Gasteiger partial charge on any atom is 0.416 e. The second-order valence-electron chi connectivity index (χ2n) is 11.9. The SMILES string of the molecule is C/C=C(\C=NC(C)C)c1cnc2[nH]c3c(N(C)C(=O)OCOC(=O)/C=C/C(=O)O)cc(F)c(C#N)c3c2c1N1CC[C@H]2CN(C)C[C@H]21. The molecular weight excluding hydrogens is 609 g/mol. The number of aromatic nitrogens is 2. The van der Waals surface area contributed by atoms with Crippen molar-refractivity contribution in [3.63, 3.8) is 0 Å². The van der Waals surface area contributed by atoms with Crippen LogP contribution in [0.1, 0.15) is 38.3 Å². The van der Waals surface area contributed by atoms with E-state index in [4.69, 9.17) is 19.6 Å². The molecule has 2 aromatic heterocycles. The minimum absolute atomic E-state index is 0.0553. The fourth-order valence-electron chi connectivity index (χ4n) is 6.35. The first-order valence-corrected chi connectivity index (χ1v) is 15.1. The lowest BCUT2D eigenvalue weighted by molar-refractivity contribution is -0.146. The van der Waals surface area contributed by atoms with Gasteiger partial charge < -0.3 is 29.4 Å². The second-order valence-corrected chi connectivity index (χ2v) is 11.9. The Bertz CT molecular complexity index is 1870. The Balaban J connectivity index is 1.66. The molecule has 47 heavy (non-hydrogen) atoms. The molecule has 1 aromatic carbocycles. The summed E-state index contributed by atoms with van der Waals surface area (Å²) in [6, 6.07) is 3.33. The molecule has 4 heterocycles. The minimum Gasteiger partial charge on any atom is -0.478 e. The molecule has 2 atom stereocenters. The van der Waals surface area contributed by atoms with Crippen LogP contribution in [0.3, 0.4) is 0 Å². The van der Waals surface area contributed by atoms with Crippen LogP contribution >= 0.6 is 0 Å². The predicted octanol–water partition coefficient (Wildman–Crippen LogP) is 4.46. The first-order chi connectivity index (χ1) is 22.4. The first kappa shape index (κ1) is 33.1. The third-order valence-electron chi connectivity index (χ3n) is 8.45. The van der Waals surface area contributed by atoms with Gasteiger partial charge in [-0.05, 0) is 45.7 Å². The van der Waals surface area contributed by atoms with Gasteiger partial charge in [0, 0.05) is 80.3 Å². The van der Waals surface area contributed by atoms with E-state index >= 15 is 4.39 Å². The normalized spacial score (nSPS) is 18.5. The van der Waals surface area contributed by atoms with Gasteiger partial charge in [-0.25, -0.2) is 23.8 Å². The van der Waals surface area contributed by atoms with Gasteiger partial charge in [-0.15, -0.1) is 0 Å². The monoisotopic (exact) mass is 645 g/mol. The van der Waals surface area contributed by atoms with E-state index in [1.807, 2.05) is 39.1 Å². The largest absolute Gasteiger partial charge is 0.478 e. The summed E-state index contributed by atoms with van der Waals surface area (Å²) in [5.41, 5.74) is 3.00. The number of fused-ring (bicyclic) bond motifs is 4. The van der Waals surface area contributed by atoms with Gasteiger partial charge in [-0.2, -0.15) is 5.26 Å². The number of carbonyl (C=O) groups excluding carboxylic acids is 2. The standard InChI is InChI=1S/C33H36FN7O6/c1-6-19(13-36-18(2)3)22-14-37-32-29(31(22)41-10-9-20-15-39(4)16-25(20)41)28-21(12-35)23(34)11-24(30(28)38-32)40(5)33(45)47-17-46-27(44)8-7-26(42)43/h6-8,11,13-14,18,20,25H,9-10,15-17H2,1-5H3,(H,37,38)(H,42,43)/b8-7+,19-6+,36-13?/t20-,25+/m0/s1. The molecule has 1 amide bonds. The molecule has 2 aliphatic heterocycles. The molecule has 0 unspecified atom stereocenters. The predicted molar refractivity (Wildman–Crippen MR) is 175 cm³/mol. The van der Waals surface area contributed by atoms with E-state index in [0.717, 1.165) is 53.8 Å². The lowest BCUT2D eigenvalue weighted by Gasteiger charge is -2.29. The van der Waals surface area contributed by atoms with Crippen LogP contribution in [0.15, 0.2) is 35.5 Å². The number of aromatic amines is 1. The Morgan fingerprint density at radius 1 is 1.28 bits per heavy atom. The molecule has 0 spiro atoms. The molecule has 13 nitrogen and oxygen atoms in total. The summed E-state index contributed by atoms with van der Waals surface area (Å²) in [6.07, 6.45) is 6.76. The fourth-order valence-corrected chi connectivity index (χ4v) is 6.35. The number of carboxylic acid groups (broad SMARTS) is 1. The van der Waals surface area contributed by atoms with Crippen molar-refractivity contribution < 1.29 is 33.4 Å². The van der Waals surface area contributed by atoms with Crippen molar-refractivity contribution in [3.8, 4) is 6.07 Å². The van der Waals surface area contributed by atoms with Crippen LogP contribution in [0.4, 0.5) is 20.6 Å². The Morgan fingerprint density at radius 2 is 2.04 bits per heavy atom. The zero-order valence-electron chi connectivity index (χ0n) is 26.8. The van der Waals surface area contributed by atoms with Crippen molar-refractivity contribution in [1.29, 1.82) is 5.26 Å². The van der Waals surface area contributed by atoms with Crippen LogP contribution < -0.4 is 9.80 Å². The topological polar surface area (TPSA) is 164 Å². The van der Waals surface area contributed by atoms with Crippen LogP contribution in [-0.2, 0) is 19.1 Å². The first-order valence-electron chi connectivity index (χ1n) is 15.1. The Morgan fingerprint density at radius 3 is 2.72 bits per heavy atom. The highest BCUT2D eigenvalue weighted by atomic mass is 19.1. The molecule has 2 aliphatic rings. The number of carboxylic acids is 1. The van der Waals surface area contributed by atoms with E-state index in [1.54, 1.807) is 6.20 Å². The number of aliphatic carboxylic acids is 1. The molecule has 3 aromatic rings. The van der Waals surface area contributed by atoms with Crippen molar-refractivity contribution in [2.75, 3.05) is 50.3 Å². The third kappa shape index (κ3) is 6.52. The number of nitrogens with zero attached hydrogens (tertiary/aromatic N) is 6. The highest BCUT2D eigenvalue weighted by Gasteiger charge is 2.42. The summed E-state index contributed by atoms with van der Waals surface area (Å²) in [7, 11) is 3.44. The summed E-state index contributed by atoms with van der Waals surface area (Å²) in [5.74, 6) is -2.78.